The molecule has 7 nitrogen and oxygen atoms in total. The number of nitrogens with zero attached hydrogens (tertiary/aromatic N) is 5. The van der Waals surface area contributed by atoms with Gasteiger partial charge in [-0.3, -0.25) is 14.3 Å². The number of methoxy groups -OCH3 is 1. The van der Waals surface area contributed by atoms with Crippen LogP contribution in [0.25, 0.3) is 11.4 Å². The lowest BCUT2D eigenvalue weighted by atomic mass is 10.2. The molecule has 0 bridgehead atoms. The molecule has 0 spiro atoms. The third-order valence-corrected chi connectivity index (χ3v) is 3.65. The van der Waals surface area contributed by atoms with Crippen LogP contribution in [0.4, 0.5) is 0 Å². The van der Waals surface area contributed by atoms with Crippen LogP contribution >= 0.6 is 11.6 Å². The van der Waals surface area contributed by atoms with Gasteiger partial charge >= 0.3 is 0 Å². The highest BCUT2D eigenvalue weighted by Crippen LogP contribution is 2.19. The van der Waals surface area contributed by atoms with Crippen LogP contribution in [0.15, 0.2) is 47.9 Å². The van der Waals surface area contributed by atoms with Gasteiger partial charge in [-0.05, 0) is 19.1 Å². The summed E-state index contributed by atoms with van der Waals surface area (Å²) in [6.07, 6.45) is 6.13. The monoisotopic (exact) mass is 331 g/mol. The van der Waals surface area contributed by atoms with E-state index in [-0.39, 0.29) is 11.7 Å². The van der Waals surface area contributed by atoms with E-state index < -0.39 is 0 Å². The highest BCUT2D eigenvalue weighted by Gasteiger charge is 2.13. The molecule has 0 fully saturated rings. The Morgan fingerprint density at radius 3 is 2.87 bits per heavy atom. The van der Waals surface area contributed by atoms with Crippen LogP contribution in [-0.4, -0.2) is 31.4 Å². The first kappa shape index (κ1) is 15.2. The van der Waals surface area contributed by atoms with E-state index in [0.717, 1.165) is 5.56 Å². The van der Waals surface area contributed by atoms with Gasteiger partial charge in [-0.15, -0.1) is 5.10 Å². The van der Waals surface area contributed by atoms with Crippen molar-refractivity contribution in [1.82, 2.24) is 24.3 Å². The second-order valence-corrected chi connectivity index (χ2v) is 5.32. The van der Waals surface area contributed by atoms with E-state index in [4.69, 9.17) is 16.3 Å². The van der Waals surface area contributed by atoms with E-state index in [9.17, 15) is 4.79 Å². The standard InChI is InChI=1S/C15H14ClN5O2/c1-10(20-4-3-12(16)6-14(20)22)21-9-18-15(19-21)11-5-13(23-2)8-17-7-11/h3-10H,1-2H3. The van der Waals surface area contributed by atoms with E-state index in [1.54, 1.807) is 48.8 Å². The number of ether oxygens (including phenoxy) is 1. The second-order valence-electron chi connectivity index (χ2n) is 4.88. The molecule has 3 rings (SSSR count). The van der Waals surface area contributed by atoms with Crippen LogP contribution in [0, 0.1) is 0 Å². The van der Waals surface area contributed by atoms with E-state index in [0.29, 0.717) is 16.6 Å². The number of aromatic nitrogens is 5. The molecular formula is C15H14ClN5O2. The Hall–Kier alpha value is -2.67. The van der Waals surface area contributed by atoms with Gasteiger partial charge in [-0.2, -0.15) is 0 Å². The van der Waals surface area contributed by atoms with E-state index in [1.165, 1.54) is 10.6 Å². The lowest BCUT2D eigenvalue weighted by Gasteiger charge is -2.14. The smallest absolute Gasteiger partial charge is 0.253 e. The van der Waals surface area contributed by atoms with Crippen molar-refractivity contribution in [2.75, 3.05) is 7.11 Å². The molecule has 0 saturated heterocycles. The molecule has 3 heterocycles. The van der Waals surface area contributed by atoms with E-state index >= 15 is 0 Å². The molecule has 3 aromatic rings. The Morgan fingerprint density at radius 2 is 2.13 bits per heavy atom. The maximum absolute atomic E-state index is 12.0. The Balaban J connectivity index is 1.93. The first-order valence-electron chi connectivity index (χ1n) is 6.87. The van der Waals surface area contributed by atoms with Crippen molar-refractivity contribution < 1.29 is 4.74 Å². The normalized spacial score (nSPS) is 12.1. The Morgan fingerprint density at radius 1 is 1.30 bits per heavy atom. The molecule has 0 aliphatic heterocycles. The summed E-state index contributed by atoms with van der Waals surface area (Å²) < 4.78 is 8.27. The zero-order chi connectivity index (χ0) is 16.4. The molecule has 0 radical (unpaired) electrons. The third kappa shape index (κ3) is 3.09. The topological polar surface area (TPSA) is 74.8 Å². The summed E-state index contributed by atoms with van der Waals surface area (Å²) in [7, 11) is 1.57. The summed E-state index contributed by atoms with van der Waals surface area (Å²) >= 11 is 5.81. The maximum Gasteiger partial charge on any atom is 0.253 e. The van der Waals surface area contributed by atoms with E-state index in [1.807, 2.05) is 6.92 Å². The fraction of sp³-hybridized carbons (Fsp3) is 0.200. The molecule has 0 aliphatic carbocycles. The summed E-state index contributed by atoms with van der Waals surface area (Å²) in [6.45, 7) is 1.84. The predicted octanol–water partition coefficient (Wildman–Crippen LogP) is 2.23. The van der Waals surface area contributed by atoms with Crippen molar-refractivity contribution >= 4 is 11.6 Å². The predicted molar refractivity (Wildman–Crippen MR) is 85.6 cm³/mol. The van der Waals surface area contributed by atoms with Gasteiger partial charge in [0.05, 0.1) is 13.3 Å². The van der Waals surface area contributed by atoms with Crippen LogP contribution in [-0.2, 0) is 0 Å². The first-order chi connectivity index (χ1) is 11.1. The third-order valence-electron chi connectivity index (χ3n) is 3.41. The number of pyridine rings is 2. The summed E-state index contributed by atoms with van der Waals surface area (Å²) in [5.74, 6) is 1.13. The molecule has 118 valence electrons. The Kier molecular flexibility index (Phi) is 4.12. The molecular weight excluding hydrogens is 318 g/mol. The fourth-order valence-corrected chi connectivity index (χ4v) is 2.29. The minimum Gasteiger partial charge on any atom is -0.495 e. The molecule has 8 heteroatoms. The van der Waals surface area contributed by atoms with Crippen molar-refractivity contribution in [3.63, 3.8) is 0 Å². The van der Waals surface area contributed by atoms with Crippen LogP contribution in [0.1, 0.15) is 13.1 Å². The lowest BCUT2D eigenvalue weighted by Crippen LogP contribution is -2.26. The van der Waals surface area contributed by atoms with Crippen LogP contribution < -0.4 is 10.3 Å². The number of hydrogen-bond acceptors (Lipinski definition) is 5. The average molecular weight is 332 g/mol. The number of halogens is 1. The average Bonchev–Trinajstić information content (AvgIpc) is 3.04. The van der Waals surface area contributed by atoms with Crippen molar-refractivity contribution in [3.8, 4) is 17.1 Å². The highest BCUT2D eigenvalue weighted by molar-refractivity contribution is 6.30. The summed E-state index contributed by atoms with van der Waals surface area (Å²) in [6, 6.07) is 4.82. The molecule has 0 aliphatic rings. The van der Waals surface area contributed by atoms with Crippen molar-refractivity contribution in [2.24, 2.45) is 0 Å². The largest absolute Gasteiger partial charge is 0.495 e. The van der Waals surface area contributed by atoms with Gasteiger partial charge in [0.2, 0.25) is 0 Å². The molecule has 0 amide bonds. The zero-order valence-electron chi connectivity index (χ0n) is 12.5. The van der Waals surface area contributed by atoms with Gasteiger partial charge in [0, 0.05) is 29.0 Å². The minimum atomic E-state index is -0.334. The summed E-state index contributed by atoms with van der Waals surface area (Å²) in [5.41, 5.74) is 0.531. The highest BCUT2D eigenvalue weighted by atomic mass is 35.5. The molecule has 23 heavy (non-hydrogen) atoms. The van der Waals surface area contributed by atoms with Gasteiger partial charge in [0.25, 0.3) is 5.56 Å². The second kappa shape index (κ2) is 6.21. The number of hydrogen-bond donors (Lipinski definition) is 0. The van der Waals surface area contributed by atoms with E-state index in [2.05, 4.69) is 15.1 Å². The van der Waals surface area contributed by atoms with Gasteiger partial charge < -0.3 is 4.74 Å². The number of rotatable bonds is 4. The molecule has 3 aromatic heterocycles. The van der Waals surface area contributed by atoms with Gasteiger partial charge in [-0.1, -0.05) is 11.6 Å². The quantitative estimate of drug-likeness (QED) is 0.733. The first-order valence-corrected chi connectivity index (χ1v) is 7.24. The molecule has 0 N–H and O–H groups in total. The SMILES string of the molecule is COc1cncc(-c2ncn(C(C)n3ccc(Cl)cc3=O)n2)c1. The fourth-order valence-electron chi connectivity index (χ4n) is 2.14. The van der Waals surface area contributed by atoms with Crippen molar-refractivity contribution in [1.29, 1.82) is 0 Å². The molecule has 0 aromatic carbocycles. The lowest BCUT2D eigenvalue weighted by molar-refractivity contribution is 0.412. The Labute approximate surface area is 137 Å². The van der Waals surface area contributed by atoms with Crippen LogP contribution in [0.2, 0.25) is 5.02 Å². The minimum absolute atomic E-state index is 0.204. The van der Waals surface area contributed by atoms with Crippen molar-refractivity contribution in [2.45, 2.75) is 13.1 Å². The summed E-state index contributed by atoms with van der Waals surface area (Å²) in [4.78, 5) is 20.4. The van der Waals surface area contributed by atoms with Crippen LogP contribution in [0.5, 0.6) is 5.75 Å². The van der Waals surface area contributed by atoms with Gasteiger partial charge in [0.1, 0.15) is 18.2 Å². The molecule has 1 atom stereocenters. The molecule has 0 saturated carbocycles. The van der Waals surface area contributed by atoms with Gasteiger partial charge in [-0.25, -0.2) is 9.67 Å². The maximum atomic E-state index is 12.0. The zero-order valence-corrected chi connectivity index (χ0v) is 13.3. The van der Waals surface area contributed by atoms with Crippen LogP contribution in [0.3, 0.4) is 0 Å². The Bertz CT molecular complexity index is 889. The summed E-state index contributed by atoms with van der Waals surface area (Å²) in [5, 5.41) is 4.82. The van der Waals surface area contributed by atoms with Crippen molar-refractivity contribution in [3.05, 3.63) is 58.5 Å². The molecule has 1 unspecified atom stereocenters. The van der Waals surface area contributed by atoms with Gasteiger partial charge in [0.15, 0.2) is 5.82 Å².